The molecule has 0 aliphatic rings. The van der Waals surface area contributed by atoms with Crippen molar-refractivity contribution >= 4 is 143 Å². The van der Waals surface area contributed by atoms with Crippen LogP contribution >= 0.6 is 11.6 Å². The maximum atomic E-state index is 12.8. The molecule has 0 unspecified atom stereocenters. The number of carbonyl (C=O) groups is 1. The summed E-state index contributed by atoms with van der Waals surface area (Å²) in [5, 5.41) is 72.5. The van der Waals surface area contributed by atoms with Crippen LogP contribution in [0.1, 0.15) is 38.2 Å². The number of fused-ring (bicyclic) bond motifs is 3. The molecule has 448 valence electrons. The number of phenolic OH excluding ortho intramolecular Hbond substituents is 3. The molecular weight excluding hydrogens is 1220 g/mol. The number of halogens is 1. The van der Waals surface area contributed by atoms with E-state index in [0.29, 0.717) is 82.8 Å². The first kappa shape index (κ1) is 61.2. The minimum absolute atomic E-state index is 0.0369. The highest BCUT2D eigenvalue weighted by Gasteiger charge is 2.22. The molecule has 8 N–H and O–H groups in total. The number of carbonyl (C=O) groups excluding carboxylic acids is 1. The first-order valence-electron chi connectivity index (χ1n) is 26.1. The fourth-order valence-corrected chi connectivity index (χ4v) is 11.7. The van der Waals surface area contributed by atoms with Crippen LogP contribution in [0.3, 0.4) is 0 Å². The van der Waals surface area contributed by atoms with Gasteiger partial charge in [-0.2, -0.15) is 42.0 Å². The second-order valence-electron chi connectivity index (χ2n) is 19.9. The number of anilines is 5. The SMILES string of the molecule is Cc1cc2cc(NC(=O)c3ccccc3)ccc2c(O)c1N=Nc1ccc2c(O)c(N=Nc3ccc4c(O)c(N=Nc5cc(Nc6nc(Cl)nc(Nc7cccc(S(=O)(=O)CCOS(=O)(=O)O)c7)n6)ccc5S(=O)(=O)O)c(C)cc4c3C)c(C)cc2c1C. The average molecular weight is 1270 g/mol. The lowest BCUT2D eigenvalue weighted by Gasteiger charge is -2.13. The highest BCUT2D eigenvalue weighted by Crippen LogP contribution is 2.46. The lowest BCUT2D eigenvalue weighted by Crippen LogP contribution is -2.15. The first-order valence-corrected chi connectivity index (χ1v) is 31.0. The van der Waals surface area contributed by atoms with Gasteiger partial charge in [-0.1, -0.05) is 24.3 Å². The third-order valence-electron chi connectivity index (χ3n) is 13.9. The minimum Gasteiger partial charge on any atom is -0.505 e. The van der Waals surface area contributed by atoms with E-state index in [1.165, 1.54) is 36.4 Å². The van der Waals surface area contributed by atoms with Crippen molar-refractivity contribution in [3.8, 4) is 17.2 Å². The Morgan fingerprint density at radius 3 is 1.59 bits per heavy atom. The van der Waals surface area contributed by atoms with Crippen molar-refractivity contribution in [3.05, 3.63) is 172 Å². The molecule has 10 rings (SSSR count). The number of hydrogen-bond acceptors (Lipinski definition) is 22. The summed E-state index contributed by atoms with van der Waals surface area (Å²) >= 11 is 6.21. The maximum Gasteiger partial charge on any atom is 0.397 e. The number of aromatic nitrogens is 3. The summed E-state index contributed by atoms with van der Waals surface area (Å²) in [4.78, 5) is 24.2. The number of rotatable bonds is 18. The molecule has 0 aliphatic carbocycles. The molecular formula is C59H49ClN12O13S3. The number of phenols is 3. The summed E-state index contributed by atoms with van der Waals surface area (Å²) in [5.41, 5.74) is 5.26. The Labute approximate surface area is 506 Å². The number of sulfone groups is 1. The van der Waals surface area contributed by atoms with Crippen LogP contribution in [0.25, 0.3) is 32.3 Å². The number of hydrogen-bond donors (Lipinski definition) is 8. The van der Waals surface area contributed by atoms with Gasteiger partial charge in [-0.15, -0.1) is 20.5 Å². The van der Waals surface area contributed by atoms with Crippen LogP contribution in [0.15, 0.2) is 174 Å². The summed E-state index contributed by atoms with van der Waals surface area (Å²) in [6.45, 7) is 7.99. The summed E-state index contributed by atoms with van der Waals surface area (Å²) in [5.74, 6) is -1.93. The van der Waals surface area contributed by atoms with Gasteiger partial charge < -0.3 is 31.3 Å². The van der Waals surface area contributed by atoms with Gasteiger partial charge in [0.2, 0.25) is 17.2 Å². The van der Waals surface area contributed by atoms with Gasteiger partial charge in [0.1, 0.15) is 27.6 Å². The van der Waals surface area contributed by atoms with Crippen LogP contribution < -0.4 is 16.0 Å². The van der Waals surface area contributed by atoms with Crippen molar-refractivity contribution in [1.29, 1.82) is 0 Å². The van der Waals surface area contributed by atoms with Gasteiger partial charge in [-0.05, 0) is 199 Å². The van der Waals surface area contributed by atoms with Gasteiger partial charge in [-0.3, -0.25) is 13.9 Å². The average Bonchev–Trinajstić information content (AvgIpc) is 1.03. The Kier molecular flexibility index (Phi) is 17.0. The molecule has 0 fully saturated rings. The molecule has 0 spiro atoms. The third-order valence-corrected chi connectivity index (χ3v) is 17.1. The Bertz CT molecular complexity index is 4980. The molecule has 29 heteroatoms. The number of aromatic hydroxyl groups is 3. The minimum atomic E-state index is -4.90. The predicted octanol–water partition coefficient (Wildman–Crippen LogP) is 14.5. The van der Waals surface area contributed by atoms with Crippen molar-refractivity contribution < 1.29 is 58.7 Å². The van der Waals surface area contributed by atoms with Crippen LogP contribution in [-0.2, 0) is 34.5 Å². The molecule has 0 radical (unpaired) electrons. The number of azo groups is 3. The van der Waals surface area contributed by atoms with Crippen molar-refractivity contribution in [2.45, 2.75) is 44.4 Å². The molecule has 10 aromatic rings. The molecule has 0 bridgehead atoms. The normalized spacial score (nSPS) is 12.3. The highest BCUT2D eigenvalue weighted by molar-refractivity contribution is 7.91. The van der Waals surface area contributed by atoms with Crippen molar-refractivity contribution in [2.75, 3.05) is 28.3 Å². The van der Waals surface area contributed by atoms with Crippen LogP contribution in [-0.4, -0.2) is 82.9 Å². The second-order valence-corrected chi connectivity index (χ2v) is 24.8. The smallest absolute Gasteiger partial charge is 0.397 e. The first-order chi connectivity index (χ1) is 41.7. The monoisotopic (exact) mass is 1260 g/mol. The molecule has 88 heavy (non-hydrogen) atoms. The lowest BCUT2D eigenvalue weighted by atomic mass is 9.99. The van der Waals surface area contributed by atoms with E-state index in [1.54, 1.807) is 100 Å². The second kappa shape index (κ2) is 24.4. The fourth-order valence-electron chi connectivity index (χ4n) is 9.45. The van der Waals surface area contributed by atoms with Gasteiger partial charge in [0.15, 0.2) is 27.1 Å². The summed E-state index contributed by atoms with van der Waals surface area (Å²) in [7, 11) is -13.9. The van der Waals surface area contributed by atoms with Crippen LogP contribution in [0.2, 0.25) is 5.28 Å². The van der Waals surface area contributed by atoms with E-state index in [2.05, 4.69) is 65.8 Å². The molecule has 0 saturated heterocycles. The van der Waals surface area contributed by atoms with Crippen molar-refractivity contribution in [3.63, 3.8) is 0 Å². The Morgan fingerprint density at radius 2 is 1.03 bits per heavy atom. The van der Waals surface area contributed by atoms with E-state index >= 15 is 0 Å². The van der Waals surface area contributed by atoms with Gasteiger partial charge >= 0.3 is 10.4 Å². The van der Waals surface area contributed by atoms with Crippen molar-refractivity contribution in [2.24, 2.45) is 30.7 Å². The zero-order chi connectivity index (χ0) is 63.0. The fraction of sp³-hybridized carbons (Fsp3) is 0.119. The van der Waals surface area contributed by atoms with Gasteiger partial charge in [0, 0.05) is 38.8 Å². The van der Waals surface area contributed by atoms with Gasteiger partial charge in [-0.25, -0.2) is 12.6 Å². The van der Waals surface area contributed by atoms with Gasteiger partial charge in [0.05, 0.1) is 28.6 Å². The summed E-state index contributed by atoms with van der Waals surface area (Å²) < 4.78 is 95.7. The molecule has 0 atom stereocenters. The molecule has 0 saturated carbocycles. The van der Waals surface area contributed by atoms with E-state index in [0.717, 1.165) is 6.07 Å². The Morgan fingerprint density at radius 1 is 0.523 bits per heavy atom. The topological polar surface area (TPSA) is 379 Å². The number of aryl methyl sites for hydroxylation is 5. The van der Waals surface area contributed by atoms with E-state index in [1.807, 2.05) is 25.1 Å². The van der Waals surface area contributed by atoms with Crippen molar-refractivity contribution in [1.82, 2.24) is 15.0 Å². The van der Waals surface area contributed by atoms with E-state index in [4.69, 9.17) is 16.2 Å². The van der Waals surface area contributed by atoms with Crippen LogP contribution in [0, 0.1) is 34.6 Å². The quantitative estimate of drug-likeness (QED) is 0.0292. The maximum absolute atomic E-state index is 12.8. The zero-order valence-electron chi connectivity index (χ0n) is 46.7. The number of benzene rings is 9. The van der Waals surface area contributed by atoms with Crippen LogP contribution in [0.5, 0.6) is 17.2 Å². The van der Waals surface area contributed by atoms with E-state index in [9.17, 15) is 49.9 Å². The van der Waals surface area contributed by atoms with E-state index < -0.39 is 47.6 Å². The lowest BCUT2D eigenvalue weighted by molar-refractivity contribution is 0.102. The van der Waals surface area contributed by atoms with E-state index in [-0.39, 0.29) is 79.4 Å². The number of amides is 1. The van der Waals surface area contributed by atoms with Gasteiger partial charge in [0.25, 0.3) is 16.0 Å². The molecule has 0 aliphatic heterocycles. The molecule has 25 nitrogen and oxygen atoms in total. The predicted molar refractivity (Wildman–Crippen MR) is 331 cm³/mol. The standard InChI is InChI=1S/C59H49ClN12O13S3/c1-30-24-36-27-38(61-56(76)35-10-7-6-8-11-35)14-16-41(36)53(73)50(30)70-67-46-19-17-42-44(33(46)4)25-31(2)51(54(42)74)71-68-47-20-18-43-45(34(47)5)26-32(3)52(55(43)75)72-69-48-29-39(15-21-49(48)87(79,80)81)63-59-65-57(60)64-58(66-59)62-37-12-9-13-40(28-37)86(77,78)23-22-85-88(82,83)84/h6-21,24-29,73-75H,22-23H2,1-5H3,(H,61,76)(H,79,80,81)(H,82,83,84)(H2,62,63,64,65,66). The zero-order valence-corrected chi connectivity index (χ0v) is 50.0. The summed E-state index contributed by atoms with van der Waals surface area (Å²) in [6.07, 6.45) is 0. The molecule has 1 aromatic heterocycles. The number of nitrogens with zero attached hydrogens (tertiary/aromatic N) is 9. The van der Waals surface area contributed by atoms with Crippen LogP contribution in [0.4, 0.5) is 63.1 Å². The molecule has 1 amide bonds. The molecule has 1 heterocycles. The third kappa shape index (κ3) is 13.4. The Balaban J connectivity index is 0.858. The number of nitrogens with one attached hydrogen (secondary N) is 3. The highest BCUT2D eigenvalue weighted by atomic mass is 35.5. The molecule has 9 aromatic carbocycles. The summed E-state index contributed by atoms with van der Waals surface area (Å²) in [6, 6.07) is 34.8. The Hall–Kier alpha value is -9.94. The largest absolute Gasteiger partial charge is 0.505 e.